The average molecular weight is 282 g/mol. The monoisotopic (exact) mass is 282 g/mol. The summed E-state index contributed by atoms with van der Waals surface area (Å²) in [5.74, 6) is -1.12. The Morgan fingerprint density at radius 2 is 1.53 bits per heavy atom. The molecule has 0 saturated heterocycles. The van der Waals surface area contributed by atoms with E-state index in [-0.39, 0.29) is 10.6 Å². The molecule has 19 heavy (non-hydrogen) atoms. The lowest BCUT2D eigenvalue weighted by atomic mass is 10.1. The third-order valence-corrected chi connectivity index (χ3v) is 4.50. The van der Waals surface area contributed by atoms with Crippen LogP contribution in [0.5, 0.6) is 0 Å². The van der Waals surface area contributed by atoms with E-state index in [0.29, 0.717) is 11.1 Å². The Labute approximate surface area is 110 Å². The highest BCUT2D eigenvalue weighted by Crippen LogP contribution is 2.19. The molecule has 0 unspecified atom stereocenters. The van der Waals surface area contributed by atoms with Gasteiger partial charge >= 0.3 is 0 Å². The van der Waals surface area contributed by atoms with Gasteiger partial charge in [0.2, 0.25) is 0 Å². The Morgan fingerprint density at radius 1 is 0.947 bits per heavy atom. The fraction of sp³-hybridized carbons (Fsp3) is 0.143. The lowest BCUT2D eigenvalue weighted by molar-refractivity contribution is 0.593. The molecule has 0 N–H and O–H groups in total. The maximum Gasteiger partial charge on any atom is 0.182 e. The highest BCUT2D eigenvalue weighted by molar-refractivity contribution is 7.90. The van der Waals surface area contributed by atoms with E-state index in [0.717, 1.165) is 12.1 Å². The molecule has 0 aliphatic carbocycles. The third kappa shape index (κ3) is 3.17. The molecule has 0 spiro atoms. The molecule has 0 aromatic heterocycles. The van der Waals surface area contributed by atoms with Gasteiger partial charge in [0.15, 0.2) is 9.84 Å². The maximum atomic E-state index is 13.0. The second-order valence-electron chi connectivity index (χ2n) is 4.28. The molecule has 0 atom stereocenters. The minimum absolute atomic E-state index is 0.0534. The first-order chi connectivity index (χ1) is 8.88. The molecule has 0 radical (unpaired) electrons. The summed E-state index contributed by atoms with van der Waals surface area (Å²) in [6.07, 6.45) is 0. The smallest absolute Gasteiger partial charge is 0.182 e. The van der Waals surface area contributed by atoms with Crippen LogP contribution in [0.4, 0.5) is 8.78 Å². The van der Waals surface area contributed by atoms with E-state index in [1.54, 1.807) is 6.92 Å². The predicted octanol–water partition coefficient (Wildman–Crippen LogP) is 3.25. The normalized spacial score (nSPS) is 11.5. The van der Waals surface area contributed by atoms with Gasteiger partial charge in [0.25, 0.3) is 0 Å². The summed E-state index contributed by atoms with van der Waals surface area (Å²) in [7, 11) is -3.55. The highest BCUT2D eigenvalue weighted by atomic mass is 32.2. The molecule has 2 rings (SSSR count). The molecule has 0 aliphatic rings. The molecule has 100 valence electrons. The van der Waals surface area contributed by atoms with Crippen LogP contribution in [0.1, 0.15) is 11.1 Å². The van der Waals surface area contributed by atoms with Gasteiger partial charge in [-0.1, -0.05) is 6.07 Å². The molecule has 0 heterocycles. The number of sulfone groups is 1. The Kier molecular flexibility index (Phi) is 3.66. The quantitative estimate of drug-likeness (QED) is 0.810. The van der Waals surface area contributed by atoms with Crippen molar-refractivity contribution in [3.05, 3.63) is 65.2 Å². The van der Waals surface area contributed by atoms with Crippen molar-refractivity contribution in [2.24, 2.45) is 0 Å². The summed E-state index contributed by atoms with van der Waals surface area (Å²) in [6, 6.07) is 8.62. The Bertz CT molecular complexity index is 692. The van der Waals surface area contributed by atoms with Crippen molar-refractivity contribution in [1.82, 2.24) is 0 Å². The zero-order valence-corrected chi connectivity index (χ0v) is 11.0. The molecular formula is C14H12F2O2S. The van der Waals surface area contributed by atoms with Gasteiger partial charge in [-0.2, -0.15) is 0 Å². The van der Waals surface area contributed by atoms with Crippen LogP contribution in [-0.2, 0) is 15.6 Å². The highest BCUT2D eigenvalue weighted by Gasteiger charge is 2.16. The summed E-state index contributed by atoms with van der Waals surface area (Å²) in [4.78, 5) is 0.0534. The van der Waals surface area contributed by atoms with Crippen LogP contribution < -0.4 is 0 Å². The van der Waals surface area contributed by atoms with E-state index in [1.165, 1.54) is 30.3 Å². The second kappa shape index (κ2) is 5.09. The summed E-state index contributed by atoms with van der Waals surface area (Å²) >= 11 is 0. The van der Waals surface area contributed by atoms with Gasteiger partial charge in [-0.3, -0.25) is 0 Å². The maximum absolute atomic E-state index is 13.0. The van der Waals surface area contributed by atoms with Crippen LogP contribution in [0.3, 0.4) is 0 Å². The first-order valence-electron chi connectivity index (χ1n) is 5.62. The Balaban J connectivity index is 2.33. The topological polar surface area (TPSA) is 34.1 Å². The average Bonchev–Trinajstić information content (AvgIpc) is 2.33. The van der Waals surface area contributed by atoms with Crippen molar-refractivity contribution >= 4 is 9.84 Å². The molecule has 2 aromatic carbocycles. The largest absolute Gasteiger partial charge is 0.223 e. The summed E-state index contributed by atoms with van der Waals surface area (Å²) in [6.45, 7) is 1.65. The van der Waals surface area contributed by atoms with Gasteiger partial charge in [-0.05, 0) is 54.4 Å². The van der Waals surface area contributed by atoms with Gasteiger partial charge in [0.1, 0.15) is 11.6 Å². The fourth-order valence-corrected chi connectivity index (χ4v) is 3.20. The molecule has 0 amide bonds. The van der Waals surface area contributed by atoms with E-state index >= 15 is 0 Å². The number of rotatable bonds is 3. The number of hydrogen-bond acceptors (Lipinski definition) is 2. The van der Waals surface area contributed by atoms with Crippen molar-refractivity contribution in [2.45, 2.75) is 17.6 Å². The predicted molar refractivity (Wildman–Crippen MR) is 68.4 cm³/mol. The number of aryl methyl sites for hydroxylation is 1. The van der Waals surface area contributed by atoms with E-state index in [2.05, 4.69) is 0 Å². The number of benzene rings is 2. The van der Waals surface area contributed by atoms with Crippen molar-refractivity contribution in [2.75, 3.05) is 0 Å². The first kappa shape index (κ1) is 13.7. The van der Waals surface area contributed by atoms with Crippen molar-refractivity contribution in [3.63, 3.8) is 0 Å². The van der Waals surface area contributed by atoms with Crippen LogP contribution >= 0.6 is 0 Å². The van der Waals surface area contributed by atoms with Crippen LogP contribution in [0, 0.1) is 18.6 Å². The summed E-state index contributed by atoms with van der Waals surface area (Å²) < 4.78 is 50.0. The lowest BCUT2D eigenvalue weighted by Crippen LogP contribution is -2.06. The van der Waals surface area contributed by atoms with Crippen LogP contribution in [0.25, 0.3) is 0 Å². The minimum atomic E-state index is -3.55. The number of hydrogen-bond donors (Lipinski definition) is 0. The van der Waals surface area contributed by atoms with E-state index in [4.69, 9.17) is 0 Å². The molecule has 0 fully saturated rings. The van der Waals surface area contributed by atoms with Gasteiger partial charge in [0.05, 0.1) is 10.6 Å². The van der Waals surface area contributed by atoms with Crippen molar-refractivity contribution in [3.8, 4) is 0 Å². The SMILES string of the molecule is Cc1cc(F)ccc1CS(=O)(=O)c1ccc(F)cc1. The van der Waals surface area contributed by atoms with Gasteiger partial charge in [-0.15, -0.1) is 0 Å². The summed E-state index contributed by atoms with van der Waals surface area (Å²) in [5, 5.41) is 0. The van der Waals surface area contributed by atoms with Gasteiger partial charge in [-0.25, -0.2) is 17.2 Å². The van der Waals surface area contributed by atoms with Crippen molar-refractivity contribution in [1.29, 1.82) is 0 Å². The van der Waals surface area contributed by atoms with Gasteiger partial charge < -0.3 is 0 Å². The Morgan fingerprint density at radius 3 is 2.11 bits per heavy atom. The van der Waals surface area contributed by atoms with E-state index < -0.39 is 21.5 Å². The van der Waals surface area contributed by atoms with Crippen LogP contribution in [0.2, 0.25) is 0 Å². The molecule has 2 aromatic rings. The molecule has 0 aliphatic heterocycles. The first-order valence-corrected chi connectivity index (χ1v) is 7.27. The van der Waals surface area contributed by atoms with E-state index in [1.807, 2.05) is 0 Å². The lowest BCUT2D eigenvalue weighted by Gasteiger charge is -2.07. The summed E-state index contributed by atoms with van der Waals surface area (Å²) in [5.41, 5.74) is 1.11. The van der Waals surface area contributed by atoms with E-state index in [9.17, 15) is 17.2 Å². The van der Waals surface area contributed by atoms with Crippen LogP contribution in [-0.4, -0.2) is 8.42 Å². The molecule has 0 bridgehead atoms. The fourth-order valence-electron chi connectivity index (χ4n) is 1.75. The number of halogens is 2. The molecule has 0 saturated carbocycles. The molecule has 5 heteroatoms. The van der Waals surface area contributed by atoms with Crippen molar-refractivity contribution < 1.29 is 17.2 Å². The standard InChI is InChI=1S/C14H12F2O2S/c1-10-8-13(16)3-2-11(10)9-19(17,18)14-6-4-12(15)5-7-14/h2-8H,9H2,1H3. The molecular weight excluding hydrogens is 270 g/mol. The zero-order chi connectivity index (χ0) is 14.0. The molecule has 2 nitrogen and oxygen atoms in total. The zero-order valence-electron chi connectivity index (χ0n) is 10.2. The Hall–Kier alpha value is -1.75. The third-order valence-electron chi connectivity index (χ3n) is 2.82. The van der Waals surface area contributed by atoms with Gasteiger partial charge in [0, 0.05) is 0 Å². The minimum Gasteiger partial charge on any atom is -0.223 e. The van der Waals surface area contributed by atoms with Crippen LogP contribution in [0.15, 0.2) is 47.4 Å². The second-order valence-corrected chi connectivity index (χ2v) is 6.27.